The fraction of sp³-hybridized carbons (Fsp3) is 0.538. The maximum Gasteiger partial charge on any atom is 0.436 e. The Morgan fingerprint density at radius 2 is 2.08 bits per heavy atom. The molecule has 24 heavy (non-hydrogen) atoms. The summed E-state index contributed by atoms with van der Waals surface area (Å²) in [6.07, 6.45) is 1.05. The van der Waals surface area contributed by atoms with Crippen LogP contribution in [-0.4, -0.2) is 45.6 Å². The third-order valence-electron chi connectivity index (χ3n) is 3.09. The maximum atomic E-state index is 13.9. The van der Waals surface area contributed by atoms with Gasteiger partial charge in [-0.2, -0.15) is 18.9 Å². The number of hydrogen-bond donors (Lipinski definition) is 3. The van der Waals surface area contributed by atoms with Crippen molar-refractivity contribution in [1.82, 2.24) is 14.5 Å². The Morgan fingerprint density at radius 1 is 1.42 bits per heavy atom. The van der Waals surface area contributed by atoms with Crippen molar-refractivity contribution in [1.29, 1.82) is 0 Å². The van der Waals surface area contributed by atoms with Crippen molar-refractivity contribution in [3.8, 4) is 0 Å². The molecule has 0 aromatic carbocycles. The Morgan fingerprint density at radius 3 is 2.71 bits per heavy atom. The molecule has 0 atom stereocenters. The summed E-state index contributed by atoms with van der Waals surface area (Å²) in [7, 11) is -3.05. The van der Waals surface area contributed by atoms with Gasteiger partial charge in [0, 0.05) is 12.7 Å². The topological polar surface area (TPSA) is 125 Å². The molecule has 0 saturated carbocycles. The zero-order valence-corrected chi connectivity index (χ0v) is 14.4. The fourth-order valence-corrected chi connectivity index (χ4v) is 3.58. The molecule has 0 spiro atoms. The number of anilines is 1. The minimum absolute atomic E-state index is 0.0965. The number of nitrogens with zero attached hydrogens (tertiary/aromatic N) is 2. The summed E-state index contributed by atoms with van der Waals surface area (Å²) in [5.74, 6) is -0.785. The van der Waals surface area contributed by atoms with Crippen LogP contribution in [-0.2, 0) is 20.3 Å². The van der Waals surface area contributed by atoms with E-state index < -0.39 is 19.3 Å². The van der Waals surface area contributed by atoms with Crippen LogP contribution < -0.4 is 11.3 Å². The van der Waals surface area contributed by atoms with E-state index in [0.717, 1.165) is 6.20 Å². The summed E-state index contributed by atoms with van der Waals surface area (Å²) in [5.41, 5.74) is 4.99. The van der Waals surface area contributed by atoms with E-state index in [9.17, 15) is 14.1 Å². The Hall–Kier alpha value is -1.58. The largest absolute Gasteiger partial charge is 0.436 e. The second kappa shape index (κ2) is 8.00. The van der Waals surface area contributed by atoms with Gasteiger partial charge in [0.25, 0.3) is 5.56 Å². The first kappa shape index (κ1) is 18.8. The number of H-pyrrole nitrogens is 1. The van der Waals surface area contributed by atoms with Crippen LogP contribution in [0.1, 0.15) is 13.8 Å². The first-order valence-corrected chi connectivity index (χ1v) is 9.18. The minimum atomic E-state index is -3.05. The average molecular weight is 363 g/mol. The summed E-state index contributed by atoms with van der Waals surface area (Å²) in [6.45, 7) is 4.44. The van der Waals surface area contributed by atoms with Crippen molar-refractivity contribution < 1.29 is 23.1 Å². The van der Waals surface area contributed by atoms with Crippen LogP contribution in [0.3, 0.4) is 0 Å². The normalized spacial score (nSPS) is 12.2. The van der Waals surface area contributed by atoms with Gasteiger partial charge in [0.05, 0.1) is 19.8 Å². The van der Waals surface area contributed by atoms with Crippen LogP contribution in [0.5, 0.6) is 0 Å². The van der Waals surface area contributed by atoms with E-state index in [2.05, 4.69) is 9.97 Å². The molecule has 0 aliphatic carbocycles. The summed E-state index contributed by atoms with van der Waals surface area (Å²) in [4.78, 5) is 28.1. The highest BCUT2D eigenvalue weighted by Gasteiger charge is 2.40. The van der Waals surface area contributed by atoms with E-state index in [1.165, 1.54) is 4.57 Å². The Bertz CT molecular complexity index is 744. The number of halogens is 1. The molecule has 0 aliphatic heterocycles. The first-order chi connectivity index (χ1) is 11.4. The molecule has 9 nitrogen and oxygen atoms in total. The highest BCUT2D eigenvalue weighted by atomic mass is 31.2. The smallest absolute Gasteiger partial charge is 0.369 e. The van der Waals surface area contributed by atoms with Gasteiger partial charge in [-0.15, -0.1) is 0 Å². The van der Waals surface area contributed by atoms with Crippen molar-refractivity contribution >= 4 is 24.9 Å². The number of nitrogen functional groups attached to an aromatic ring is 1. The highest BCUT2D eigenvalue weighted by Crippen LogP contribution is 2.56. The first-order valence-electron chi connectivity index (χ1n) is 7.42. The zero-order valence-electron chi connectivity index (χ0n) is 13.5. The zero-order chi connectivity index (χ0) is 17.7. The van der Waals surface area contributed by atoms with Crippen molar-refractivity contribution in [2.75, 3.05) is 31.9 Å². The quantitative estimate of drug-likeness (QED) is 0.452. The van der Waals surface area contributed by atoms with Gasteiger partial charge in [0.15, 0.2) is 11.5 Å². The van der Waals surface area contributed by atoms with Gasteiger partial charge >= 0.3 is 7.94 Å². The summed E-state index contributed by atoms with van der Waals surface area (Å²) >= 11 is 0. The Balaban J connectivity index is 2.03. The third kappa shape index (κ3) is 4.28. The number of aromatic amines is 1. The van der Waals surface area contributed by atoms with Gasteiger partial charge in [-0.1, -0.05) is 0 Å². The third-order valence-corrected chi connectivity index (χ3v) is 4.92. The van der Waals surface area contributed by atoms with Crippen LogP contribution in [0.25, 0.3) is 11.0 Å². The minimum Gasteiger partial charge on any atom is -0.369 e. The summed E-state index contributed by atoms with van der Waals surface area (Å²) in [5, 5.41) is -0.156. The SMILES string of the molecule is CCO[P+](O)(COCCn1cc(F)c2c(=O)[nH]c(N)nc21)OCC. The van der Waals surface area contributed by atoms with E-state index in [0.29, 0.717) is 13.2 Å². The van der Waals surface area contributed by atoms with Gasteiger partial charge in [-0.05, 0) is 13.8 Å². The molecule has 0 bridgehead atoms. The van der Waals surface area contributed by atoms with Gasteiger partial charge in [0.2, 0.25) is 12.3 Å². The van der Waals surface area contributed by atoms with E-state index in [1.807, 2.05) is 0 Å². The van der Waals surface area contributed by atoms with Crippen molar-refractivity contribution in [2.45, 2.75) is 20.4 Å². The van der Waals surface area contributed by atoms with Crippen molar-refractivity contribution in [2.24, 2.45) is 0 Å². The number of ether oxygens (including phenoxy) is 1. The lowest BCUT2D eigenvalue weighted by Gasteiger charge is -2.15. The van der Waals surface area contributed by atoms with Gasteiger partial charge < -0.3 is 15.0 Å². The second-order valence-corrected chi connectivity index (χ2v) is 6.88. The molecule has 4 N–H and O–H groups in total. The summed E-state index contributed by atoms with van der Waals surface area (Å²) < 4.78 is 31.1. The predicted octanol–water partition coefficient (Wildman–Crippen LogP) is 1.25. The lowest BCUT2D eigenvalue weighted by molar-refractivity contribution is 0.111. The number of fused-ring (bicyclic) bond motifs is 1. The molecule has 0 aliphatic rings. The van der Waals surface area contributed by atoms with Crippen molar-refractivity contribution in [3.05, 3.63) is 22.4 Å². The molecule has 2 heterocycles. The highest BCUT2D eigenvalue weighted by molar-refractivity contribution is 7.60. The number of hydrogen-bond acceptors (Lipinski definition) is 7. The maximum absolute atomic E-state index is 13.9. The van der Waals surface area contributed by atoms with E-state index in [1.54, 1.807) is 13.8 Å². The monoisotopic (exact) mass is 363 g/mol. The van der Waals surface area contributed by atoms with Crippen LogP contribution in [0.2, 0.25) is 0 Å². The van der Waals surface area contributed by atoms with Gasteiger partial charge in [0.1, 0.15) is 5.39 Å². The molecule has 0 unspecified atom stereocenters. The number of nitrogens with one attached hydrogen (secondary N) is 1. The fourth-order valence-electron chi connectivity index (χ4n) is 2.19. The van der Waals surface area contributed by atoms with Gasteiger partial charge in [-0.25, -0.2) is 4.39 Å². The number of nitrogens with two attached hydrogens (primary N) is 1. The lowest BCUT2D eigenvalue weighted by atomic mass is 10.4. The molecule has 134 valence electrons. The lowest BCUT2D eigenvalue weighted by Crippen LogP contribution is -2.14. The molecule has 2 rings (SSSR count). The molecule has 2 aromatic rings. The molecule has 0 saturated heterocycles. The number of aromatic nitrogens is 3. The standard InChI is InChI=1S/C13H20FN4O5P/c1-3-22-24(20,23-4-2)8-21-6-5-18-7-9(14)10-11(18)16-13(15)17-12(10)19/h7,20H,3-6,8H2,1-2H3,(H2-,15,16,17,19)/p+1. The molecule has 0 amide bonds. The van der Waals surface area contributed by atoms with Crippen LogP contribution >= 0.6 is 7.94 Å². The second-order valence-electron chi connectivity index (χ2n) is 4.83. The van der Waals surface area contributed by atoms with Crippen LogP contribution in [0, 0.1) is 5.82 Å². The summed E-state index contributed by atoms with van der Waals surface area (Å²) in [6, 6.07) is 0. The number of rotatable bonds is 9. The Labute approximate surface area is 138 Å². The van der Waals surface area contributed by atoms with E-state index >= 15 is 0 Å². The molecule has 2 aromatic heterocycles. The Kier molecular flexibility index (Phi) is 6.25. The molecule has 11 heteroatoms. The molecule has 0 fully saturated rings. The molecular weight excluding hydrogens is 342 g/mol. The predicted molar refractivity (Wildman–Crippen MR) is 87.9 cm³/mol. The van der Waals surface area contributed by atoms with Crippen LogP contribution in [0.4, 0.5) is 10.3 Å². The van der Waals surface area contributed by atoms with Crippen LogP contribution in [0.15, 0.2) is 11.0 Å². The van der Waals surface area contributed by atoms with Crippen molar-refractivity contribution in [3.63, 3.8) is 0 Å². The van der Waals surface area contributed by atoms with E-state index in [4.69, 9.17) is 19.5 Å². The average Bonchev–Trinajstić information content (AvgIpc) is 2.80. The van der Waals surface area contributed by atoms with E-state index in [-0.39, 0.29) is 36.5 Å². The molecule has 0 radical (unpaired) electrons. The molecular formula is C13H21FN4O5P+. The van der Waals surface area contributed by atoms with Gasteiger partial charge in [-0.3, -0.25) is 9.78 Å².